The van der Waals surface area contributed by atoms with E-state index in [9.17, 15) is 13.2 Å². The predicted molar refractivity (Wildman–Crippen MR) is 147 cm³/mol. The van der Waals surface area contributed by atoms with Gasteiger partial charge >= 0.3 is 6.18 Å². The molecule has 0 saturated heterocycles. The Hall–Kier alpha value is -2.57. The molecule has 7 heteroatoms. The smallest absolute Gasteiger partial charge is 0.326 e. The summed E-state index contributed by atoms with van der Waals surface area (Å²) in [5.41, 5.74) is 4.01. The van der Waals surface area contributed by atoms with E-state index in [1.54, 1.807) is 6.07 Å². The van der Waals surface area contributed by atoms with Gasteiger partial charge in [-0.05, 0) is 56.5 Å². The van der Waals surface area contributed by atoms with Gasteiger partial charge in [0.05, 0.1) is 22.0 Å². The molecule has 200 valence electrons. The van der Waals surface area contributed by atoms with Gasteiger partial charge in [-0.1, -0.05) is 80.8 Å². The average molecular weight is 532 g/mol. The molecule has 3 rings (SSSR count). The molecule has 0 aliphatic heterocycles. The quantitative estimate of drug-likeness (QED) is 0.232. The molecule has 0 aliphatic rings. The van der Waals surface area contributed by atoms with Crippen LogP contribution >= 0.6 is 11.6 Å². The van der Waals surface area contributed by atoms with Gasteiger partial charge in [-0.25, -0.2) is 4.98 Å². The van der Waals surface area contributed by atoms with Gasteiger partial charge < -0.3 is 4.57 Å². The number of rotatable bonds is 12. The molecular formula is C30H37ClF3N3. The lowest BCUT2D eigenvalue weighted by Gasteiger charge is -2.25. The SMILES string of the molecule is C/C=C(\C)c1nc(-c2ccccc2)n(CCCC)c1CN(CCCC)Cc1ccc(Cl)c(C(F)(F)F)c1. The lowest BCUT2D eigenvalue weighted by atomic mass is 10.1. The van der Waals surface area contributed by atoms with Gasteiger partial charge in [0.15, 0.2) is 0 Å². The molecule has 1 heterocycles. The van der Waals surface area contributed by atoms with Crippen molar-refractivity contribution in [1.29, 1.82) is 0 Å². The number of nitrogens with zero attached hydrogens (tertiary/aromatic N) is 3. The molecule has 2 aromatic carbocycles. The van der Waals surface area contributed by atoms with Crippen molar-refractivity contribution < 1.29 is 13.2 Å². The van der Waals surface area contributed by atoms with E-state index < -0.39 is 11.7 Å². The highest BCUT2D eigenvalue weighted by Gasteiger charge is 2.33. The second kappa shape index (κ2) is 13.3. The fourth-order valence-electron chi connectivity index (χ4n) is 4.42. The third kappa shape index (κ3) is 7.48. The zero-order valence-corrected chi connectivity index (χ0v) is 23.0. The monoisotopic (exact) mass is 531 g/mol. The lowest BCUT2D eigenvalue weighted by Crippen LogP contribution is -2.26. The van der Waals surface area contributed by atoms with Crippen molar-refractivity contribution >= 4 is 17.2 Å². The van der Waals surface area contributed by atoms with Gasteiger partial charge in [-0.2, -0.15) is 13.2 Å². The summed E-state index contributed by atoms with van der Waals surface area (Å²) < 4.78 is 42.9. The van der Waals surface area contributed by atoms with Crippen LogP contribution in [0, 0.1) is 0 Å². The number of halogens is 4. The fraction of sp³-hybridized carbons (Fsp3) is 0.433. The molecule has 3 aromatic rings. The summed E-state index contributed by atoms with van der Waals surface area (Å²) in [6.45, 7) is 11.0. The van der Waals surface area contributed by atoms with Crippen LogP contribution in [0.15, 0.2) is 54.6 Å². The number of alkyl halides is 3. The number of hydrogen-bond donors (Lipinski definition) is 0. The largest absolute Gasteiger partial charge is 0.417 e. The van der Waals surface area contributed by atoms with E-state index in [2.05, 4.69) is 48.4 Å². The summed E-state index contributed by atoms with van der Waals surface area (Å²) in [6, 6.07) is 14.4. The van der Waals surface area contributed by atoms with E-state index in [4.69, 9.17) is 16.6 Å². The van der Waals surface area contributed by atoms with Crippen molar-refractivity contribution in [3.8, 4) is 11.4 Å². The van der Waals surface area contributed by atoms with Crippen LogP contribution in [0.3, 0.4) is 0 Å². The van der Waals surface area contributed by atoms with Crippen molar-refractivity contribution in [3.05, 3.63) is 82.1 Å². The Balaban J connectivity index is 2.06. The van der Waals surface area contributed by atoms with Crippen LogP contribution in [-0.2, 0) is 25.8 Å². The minimum atomic E-state index is -4.49. The molecule has 0 unspecified atom stereocenters. The number of benzene rings is 2. The van der Waals surface area contributed by atoms with E-state index >= 15 is 0 Å². The zero-order valence-electron chi connectivity index (χ0n) is 22.2. The van der Waals surface area contributed by atoms with Crippen molar-refractivity contribution in [2.24, 2.45) is 0 Å². The zero-order chi connectivity index (χ0) is 27.0. The molecule has 0 spiro atoms. The first kappa shape index (κ1) is 29.0. The van der Waals surface area contributed by atoms with Gasteiger partial charge in [0, 0.05) is 25.2 Å². The van der Waals surface area contributed by atoms with Crippen LogP contribution in [-0.4, -0.2) is 21.0 Å². The lowest BCUT2D eigenvalue weighted by molar-refractivity contribution is -0.137. The molecule has 37 heavy (non-hydrogen) atoms. The Labute approximate surface area is 224 Å². The average Bonchev–Trinajstić information content (AvgIpc) is 3.24. The standard InChI is InChI=1S/C30H37ClF3N3/c1-5-8-17-36(20-23-15-16-26(31)25(19-23)30(32,33)34)21-27-28(22(4)7-3)35-29(37(27)18-9-6-2)24-13-11-10-12-14-24/h7,10-16,19H,5-6,8-9,17-18,20-21H2,1-4H3/b22-7+. The molecule has 0 saturated carbocycles. The second-order valence-electron chi connectivity index (χ2n) is 9.45. The van der Waals surface area contributed by atoms with Gasteiger partial charge in [0.1, 0.15) is 5.82 Å². The Morgan fingerprint density at radius 1 is 1.03 bits per heavy atom. The first-order chi connectivity index (χ1) is 17.7. The summed E-state index contributed by atoms with van der Waals surface area (Å²) in [4.78, 5) is 7.33. The maximum absolute atomic E-state index is 13.5. The summed E-state index contributed by atoms with van der Waals surface area (Å²) in [7, 11) is 0. The van der Waals surface area contributed by atoms with E-state index in [1.807, 2.05) is 25.1 Å². The van der Waals surface area contributed by atoms with Gasteiger partial charge in [-0.15, -0.1) is 0 Å². The summed E-state index contributed by atoms with van der Waals surface area (Å²) in [6.07, 6.45) is 1.59. The first-order valence-electron chi connectivity index (χ1n) is 13.1. The highest BCUT2D eigenvalue weighted by molar-refractivity contribution is 6.31. The maximum Gasteiger partial charge on any atom is 0.417 e. The number of unbranched alkanes of at least 4 members (excludes halogenated alkanes) is 2. The number of imidazole rings is 1. The number of allylic oxidation sites excluding steroid dienone is 2. The molecule has 0 fully saturated rings. The highest BCUT2D eigenvalue weighted by atomic mass is 35.5. The van der Waals surface area contributed by atoms with Crippen molar-refractivity contribution in [1.82, 2.24) is 14.5 Å². The Morgan fingerprint density at radius 3 is 2.35 bits per heavy atom. The number of aromatic nitrogens is 2. The predicted octanol–water partition coefficient (Wildman–Crippen LogP) is 9.25. The maximum atomic E-state index is 13.5. The molecule has 1 aromatic heterocycles. The van der Waals surface area contributed by atoms with Gasteiger partial charge in [0.25, 0.3) is 0 Å². The van der Waals surface area contributed by atoms with Gasteiger partial charge in [-0.3, -0.25) is 4.90 Å². The summed E-state index contributed by atoms with van der Waals surface area (Å²) >= 11 is 5.88. The van der Waals surface area contributed by atoms with Crippen molar-refractivity contribution in [3.63, 3.8) is 0 Å². The van der Waals surface area contributed by atoms with Crippen LogP contribution in [0.25, 0.3) is 17.0 Å². The second-order valence-corrected chi connectivity index (χ2v) is 9.86. The minimum absolute atomic E-state index is 0.271. The third-order valence-electron chi connectivity index (χ3n) is 6.59. The van der Waals surface area contributed by atoms with Crippen LogP contribution in [0.2, 0.25) is 5.02 Å². The van der Waals surface area contributed by atoms with Crippen LogP contribution in [0.4, 0.5) is 13.2 Å². The Bertz CT molecular complexity index is 1180. The number of hydrogen-bond acceptors (Lipinski definition) is 2. The van der Waals surface area contributed by atoms with E-state index in [0.29, 0.717) is 18.7 Å². The molecule has 3 nitrogen and oxygen atoms in total. The Kier molecular flexibility index (Phi) is 10.4. The molecule has 0 radical (unpaired) electrons. The topological polar surface area (TPSA) is 21.1 Å². The summed E-state index contributed by atoms with van der Waals surface area (Å²) in [5.74, 6) is 0.932. The van der Waals surface area contributed by atoms with Crippen LogP contribution in [0.5, 0.6) is 0 Å². The normalized spacial score (nSPS) is 12.5. The fourth-order valence-corrected chi connectivity index (χ4v) is 4.64. The summed E-state index contributed by atoms with van der Waals surface area (Å²) in [5, 5.41) is -0.271. The molecule has 0 atom stereocenters. The molecule has 0 N–H and O–H groups in total. The van der Waals surface area contributed by atoms with E-state index in [0.717, 1.165) is 67.1 Å². The minimum Gasteiger partial charge on any atom is -0.326 e. The van der Waals surface area contributed by atoms with Crippen molar-refractivity contribution in [2.75, 3.05) is 6.54 Å². The van der Waals surface area contributed by atoms with Crippen molar-refractivity contribution in [2.45, 2.75) is 79.2 Å². The van der Waals surface area contributed by atoms with E-state index in [1.165, 1.54) is 12.1 Å². The van der Waals surface area contributed by atoms with Gasteiger partial charge in [0.2, 0.25) is 0 Å². The molecule has 0 bridgehead atoms. The highest BCUT2D eigenvalue weighted by Crippen LogP contribution is 2.35. The molecule has 0 aliphatic carbocycles. The van der Waals surface area contributed by atoms with Crippen LogP contribution in [0.1, 0.15) is 75.9 Å². The first-order valence-corrected chi connectivity index (χ1v) is 13.4. The Morgan fingerprint density at radius 2 is 1.73 bits per heavy atom. The molecular weight excluding hydrogens is 495 g/mol. The van der Waals surface area contributed by atoms with E-state index in [-0.39, 0.29) is 5.02 Å². The van der Waals surface area contributed by atoms with Crippen LogP contribution < -0.4 is 0 Å². The molecule has 0 amide bonds. The third-order valence-corrected chi connectivity index (χ3v) is 6.92.